The lowest BCUT2D eigenvalue weighted by Crippen LogP contribution is -2.30. The molecular weight excluding hydrogens is 260 g/mol. The van der Waals surface area contributed by atoms with Crippen LogP contribution in [0.2, 0.25) is 0 Å². The number of imidazole rings is 1. The number of carbonyl (C=O) groups is 2. The van der Waals surface area contributed by atoms with Crippen molar-refractivity contribution in [2.45, 2.75) is 6.92 Å². The van der Waals surface area contributed by atoms with Crippen LogP contribution >= 0.6 is 0 Å². The normalized spacial score (nSPS) is 10.1. The molecule has 20 heavy (non-hydrogen) atoms. The number of nitrogens with zero attached hydrogens (tertiary/aromatic N) is 3. The van der Waals surface area contributed by atoms with Crippen LogP contribution in [0.25, 0.3) is 5.82 Å². The number of hydrogen-bond donors (Lipinski definition) is 1. The topological polar surface area (TPSA) is 86.1 Å². The van der Waals surface area contributed by atoms with E-state index in [0.29, 0.717) is 11.4 Å². The van der Waals surface area contributed by atoms with Gasteiger partial charge in [-0.3, -0.25) is 14.2 Å². The van der Waals surface area contributed by atoms with Gasteiger partial charge in [-0.15, -0.1) is 0 Å². The van der Waals surface area contributed by atoms with E-state index in [2.05, 4.69) is 15.3 Å². The van der Waals surface area contributed by atoms with Crippen LogP contribution in [0.3, 0.4) is 0 Å². The summed E-state index contributed by atoms with van der Waals surface area (Å²) in [5.41, 5.74) is 0.373. The molecule has 0 aromatic carbocycles. The van der Waals surface area contributed by atoms with Crippen LogP contribution in [0.5, 0.6) is 0 Å². The second-order valence-electron chi connectivity index (χ2n) is 3.86. The second kappa shape index (κ2) is 6.46. The van der Waals surface area contributed by atoms with Crippen LogP contribution in [-0.2, 0) is 9.53 Å². The van der Waals surface area contributed by atoms with E-state index < -0.39 is 5.97 Å². The molecule has 0 radical (unpaired) electrons. The lowest BCUT2D eigenvalue weighted by molar-refractivity contribution is -0.141. The van der Waals surface area contributed by atoms with Crippen LogP contribution in [-0.4, -0.2) is 39.6 Å². The van der Waals surface area contributed by atoms with Crippen LogP contribution in [0.1, 0.15) is 17.3 Å². The van der Waals surface area contributed by atoms with Gasteiger partial charge in [-0.05, 0) is 19.1 Å². The number of nitrogens with one attached hydrogen (secondary N) is 1. The molecule has 1 N–H and O–H groups in total. The van der Waals surface area contributed by atoms with Crippen molar-refractivity contribution in [1.29, 1.82) is 0 Å². The molecule has 7 heteroatoms. The maximum Gasteiger partial charge on any atom is 0.325 e. The fourth-order valence-corrected chi connectivity index (χ4v) is 1.53. The third-order valence-electron chi connectivity index (χ3n) is 2.48. The molecular formula is C13H14N4O3. The predicted octanol–water partition coefficient (Wildman–Crippen LogP) is 0.560. The summed E-state index contributed by atoms with van der Waals surface area (Å²) in [6.45, 7) is 1.84. The molecule has 7 nitrogen and oxygen atoms in total. The number of amides is 1. The average molecular weight is 274 g/mol. The van der Waals surface area contributed by atoms with E-state index >= 15 is 0 Å². The van der Waals surface area contributed by atoms with E-state index in [1.807, 2.05) is 0 Å². The molecule has 0 saturated heterocycles. The van der Waals surface area contributed by atoms with Crippen molar-refractivity contribution in [1.82, 2.24) is 19.9 Å². The van der Waals surface area contributed by atoms with E-state index in [-0.39, 0.29) is 19.1 Å². The second-order valence-corrected chi connectivity index (χ2v) is 3.86. The van der Waals surface area contributed by atoms with Crippen molar-refractivity contribution in [3.8, 4) is 5.82 Å². The number of rotatable bonds is 5. The molecule has 1 amide bonds. The first-order chi connectivity index (χ1) is 9.70. The first kappa shape index (κ1) is 13.7. The number of pyridine rings is 1. The lowest BCUT2D eigenvalue weighted by Gasteiger charge is -2.05. The molecule has 104 valence electrons. The van der Waals surface area contributed by atoms with Crippen molar-refractivity contribution in [3.63, 3.8) is 0 Å². The Hall–Kier alpha value is -2.70. The van der Waals surface area contributed by atoms with Gasteiger partial charge in [-0.1, -0.05) is 0 Å². The van der Waals surface area contributed by atoms with Gasteiger partial charge in [0.15, 0.2) is 0 Å². The van der Waals surface area contributed by atoms with Gasteiger partial charge in [0, 0.05) is 18.6 Å². The Bertz CT molecular complexity index is 578. The van der Waals surface area contributed by atoms with E-state index in [4.69, 9.17) is 4.74 Å². The standard InChI is InChI=1S/C13H14N4O3/c1-2-20-12(18)8-16-13(19)10-3-4-11(15-7-10)17-6-5-14-9-17/h3-7,9H,2,8H2,1H3,(H,16,19). The minimum absolute atomic E-state index is 0.157. The number of aromatic nitrogens is 3. The third-order valence-corrected chi connectivity index (χ3v) is 2.48. The number of carbonyl (C=O) groups excluding carboxylic acids is 2. The molecule has 2 heterocycles. The molecule has 2 aromatic heterocycles. The zero-order valence-corrected chi connectivity index (χ0v) is 10.9. The third kappa shape index (κ3) is 3.41. The highest BCUT2D eigenvalue weighted by Crippen LogP contribution is 2.05. The maximum absolute atomic E-state index is 11.8. The Morgan fingerprint density at radius 3 is 2.85 bits per heavy atom. The first-order valence-electron chi connectivity index (χ1n) is 6.09. The molecule has 0 fully saturated rings. The van der Waals surface area contributed by atoms with Gasteiger partial charge in [-0.25, -0.2) is 9.97 Å². The van der Waals surface area contributed by atoms with Crippen molar-refractivity contribution >= 4 is 11.9 Å². The Balaban J connectivity index is 1.96. The van der Waals surface area contributed by atoms with Crippen LogP contribution in [0, 0.1) is 0 Å². The Labute approximate surface area is 115 Å². The minimum Gasteiger partial charge on any atom is -0.465 e. The lowest BCUT2D eigenvalue weighted by atomic mass is 10.2. The summed E-state index contributed by atoms with van der Waals surface area (Å²) in [4.78, 5) is 31.0. The highest BCUT2D eigenvalue weighted by Gasteiger charge is 2.09. The minimum atomic E-state index is -0.469. The zero-order valence-electron chi connectivity index (χ0n) is 10.9. The van der Waals surface area contributed by atoms with Crippen molar-refractivity contribution in [2.24, 2.45) is 0 Å². The molecule has 0 aliphatic carbocycles. The zero-order chi connectivity index (χ0) is 14.4. The largest absolute Gasteiger partial charge is 0.465 e. The highest BCUT2D eigenvalue weighted by molar-refractivity contribution is 5.95. The average Bonchev–Trinajstić information content (AvgIpc) is 2.99. The quantitative estimate of drug-likeness (QED) is 0.805. The summed E-state index contributed by atoms with van der Waals surface area (Å²) in [6.07, 6.45) is 6.45. The van der Waals surface area contributed by atoms with Crippen molar-refractivity contribution < 1.29 is 14.3 Å². The molecule has 0 saturated carbocycles. The summed E-state index contributed by atoms with van der Waals surface area (Å²) in [7, 11) is 0. The molecule has 0 atom stereocenters. The van der Waals surface area contributed by atoms with E-state index in [9.17, 15) is 9.59 Å². The maximum atomic E-state index is 11.8. The predicted molar refractivity (Wildman–Crippen MR) is 70.3 cm³/mol. The van der Waals surface area contributed by atoms with Crippen LogP contribution < -0.4 is 5.32 Å². The molecule has 2 aromatic rings. The molecule has 0 aliphatic rings. The van der Waals surface area contributed by atoms with Gasteiger partial charge >= 0.3 is 5.97 Å². The molecule has 2 rings (SSSR count). The number of ether oxygens (including phenoxy) is 1. The Morgan fingerprint density at radius 2 is 2.25 bits per heavy atom. The fraction of sp³-hybridized carbons (Fsp3) is 0.231. The SMILES string of the molecule is CCOC(=O)CNC(=O)c1ccc(-n2ccnc2)nc1. The van der Waals surface area contributed by atoms with Gasteiger partial charge < -0.3 is 10.1 Å². The number of hydrogen-bond acceptors (Lipinski definition) is 5. The summed E-state index contributed by atoms with van der Waals surface area (Å²) in [5.74, 6) is -0.184. The summed E-state index contributed by atoms with van der Waals surface area (Å²) < 4.78 is 6.44. The summed E-state index contributed by atoms with van der Waals surface area (Å²) >= 11 is 0. The molecule has 0 spiro atoms. The van der Waals surface area contributed by atoms with Crippen molar-refractivity contribution in [2.75, 3.05) is 13.2 Å². The summed E-state index contributed by atoms with van der Waals surface area (Å²) in [5, 5.41) is 2.47. The van der Waals surface area contributed by atoms with E-state index in [1.54, 1.807) is 42.3 Å². The van der Waals surface area contributed by atoms with E-state index in [1.165, 1.54) is 6.20 Å². The van der Waals surface area contributed by atoms with Gasteiger partial charge in [0.1, 0.15) is 18.7 Å². The van der Waals surface area contributed by atoms with E-state index in [0.717, 1.165) is 0 Å². The van der Waals surface area contributed by atoms with Gasteiger partial charge in [0.25, 0.3) is 5.91 Å². The van der Waals surface area contributed by atoms with Gasteiger partial charge in [-0.2, -0.15) is 0 Å². The fourth-order valence-electron chi connectivity index (χ4n) is 1.53. The number of esters is 1. The van der Waals surface area contributed by atoms with Crippen LogP contribution in [0.4, 0.5) is 0 Å². The van der Waals surface area contributed by atoms with Gasteiger partial charge in [0.05, 0.1) is 12.2 Å². The smallest absolute Gasteiger partial charge is 0.325 e. The Morgan fingerprint density at radius 1 is 1.40 bits per heavy atom. The molecule has 0 bridgehead atoms. The van der Waals surface area contributed by atoms with Gasteiger partial charge in [0.2, 0.25) is 0 Å². The summed E-state index contributed by atoms with van der Waals surface area (Å²) in [6, 6.07) is 3.32. The van der Waals surface area contributed by atoms with Crippen molar-refractivity contribution in [3.05, 3.63) is 42.6 Å². The monoisotopic (exact) mass is 274 g/mol. The first-order valence-corrected chi connectivity index (χ1v) is 6.09. The Kier molecular flexibility index (Phi) is 4.43. The van der Waals surface area contributed by atoms with Crippen LogP contribution in [0.15, 0.2) is 37.1 Å². The molecule has 0 aliphatic heterocycles. The molecule has 0 unspecified atom stereocenters. The highest BCUT2D eigenvalue weighted by atomic mass is 16.5.